The van der Waals surface area contributed by atoms with Gasteiger partial charge in [0.05, 0.1) is 0 Å². The van der Waals surface area contributed by atoms with Crippen LogP contribution >= 0.6 is 0 Å². The number of hydrogen-bond donors (Lipinski definition) is 1. The maximum absolute atomic E-state index is 12.4. The number of hydrogen-bond acceptors (Lipinski definition) is 1. The molecule has 0 spiro atoms. The smallest absolute Gasteiger partial charge is 0.290 e. The Morgan fingerprint density at radius 3 is 2.33 bits per heavy atom. The van der Waals surface area contributed by atoms with E-state index in [2.05, 4.69) is 44.3 Å². The van der Waals surface area contributed by atoms with Crippen LogP contribution in [-0.2, 0) is 17.8 Å². The number of carbonyl (C=O) groups excluding carboxylic acids is 1. The quantitative estimate of drug-likeness (QED) is 0.753. The highest BCUT2D eigenvalue weighted by Crippen LogP contribution is 2.22. The van der Waals surface area contributed by atoms with Crippen LogP contribution in [0.4, 0.5) is 5.69 Å². The second kappa shape index (κ2) is 8.62. The lowest BCUT2D eigenvalue weighted by molar-refractivity contribution is -0.684. The van der Waals surface area contributed by atoms with Crippen LogP contribution in [0.3, 0.4) is 0 Å². The average molecular weight is 325 g/mol. The van der Waals surface area contributed by atoms with Crippen molar-refractivity contribution in [2.45, 2.75) is 59.4 Å². The van der Waals surface area contributed by atoms with Crippen molar-refractivity contribution in [3.8, 4) is 0 Å². The number of carbonyl (C=O) groups is 1. The summed E-state index contributed by atoms with van der Waals surface area (Å²) in [5.74, 6) is 0.617. The summed E-state index contributed by atoms with van der Waals surface area (Å²) in [5, 5.41) is 3.08. The first kappa shape index (κ1) is 18.2. The summed E-state index contributed by atoms with van der Waals surface area (Å²) in [6.07, 6.45) is 7.22. The minimum Gasteiger partial charge on any atom is -0.320 e. The Bertz CT molecular complexity index is 673. The zero-order valence-electron chi connectivity index (χ0n) is 15.3. The summed E-state index contributed by atoms with van der Waals surface area (Å²) in [4.78, 5) is 12.4. The van der Waals surface area contributed by atoms with Crippen LogP contribution in [0.1, 0.15) is 56.2 Å². The van der Waals surface area contributed by atoms with Crippen molar-refractivity contribution in [2.75, 3.05) is 5.32 Å². The number of aromatic nitrogens is 1. The highest BCUT2D eigenvalue weighted by Gasteiger charge is 2.14. The van der Waals surface area contributed by atoms with Gasteiger partial charge in [0.15, 0.2) is 12.4 Å². The lowest BCUT2D eigenvalue weighted by Gasteiger charge is -2.12. The minimum absolute atomic E-state index is 0.0132. The molecule has 128 valence electrons. The third kappa shape index (κ3) is 4.44. The highest BCUT2D eigenvalue weighted by atomic mass is 16.1. The lowest BCUT2D eigenvalue weighted by atomic mass is 9.95. The van der Waals surface area contributed by atoms with Crippen molar-refractivity contribution in [1.29, 1.82) is 0 Å². The van der Waals surface area contributed by atoms with E-state index in [-0.39, 0.29) is 5.91 Å². The molecule has 0 aliphatic heterocycles. The Morgan fingerprint density at radius 2 is 1.75 bits per heavy atom. The SMILES string of the molecule is CCc1cccc(C)c1NC(=O)C[n+]1ccc(C(CC)CC)cc1. The molecule has 0 aliphatic carbocycles. The Kier molecular flexibility index (Phi) is 6.53. The van der Waals surface area contributed by atoms with Crippen LogP contribution < -0.4 is 9.88 Å². The summed E-state index contributed by atoms with van der Waals surface area (Å²) in [6.45, 7) is 8.91. The standard InChI is InChI=1S/C21H28N2O/c1-5-17(6-2)19-11-13-23(14-12-19)15-20(24)22-21-16(4)9-8-10-18(21)7-3/h8-14,17H,5-7,15H2,1-4H3/p+1. The third-order valence-corrected chi connectivity index (χ3v) is 4.70. The van der Waals surface area contributed by atoms with E-state index in [1.165, 1.54) is 11.1 Å². The van der Waals surface area contributed by atoms with Gasteiger partial charge >= 0.3 is 0 Å². The number of nitrogens with zero attached hydrogens (tertiary/aromatic N) is 1. The second-order valence-electron chi connectivity index (χ2n) is 6.33. The number of benzene rings is 1. The molecule has 0 fully saturated rings. The molecular weight excluding hydrogens is 296 g/mol. The molecule has 0 atom stereocenters. The minimum atomic E-state index is 0.0132. The Morgan fingerprint density at radius 1 is 1.08 bits per heavy atom. The molecule has 3 nitrogen and oxygen atoms in total. The number of pyridine rings is 1. The average Bonchev–Trinajstić information content (AvgIpc) is 2.59. The Balaban J connectivity index is 2.05. The first-order valence-corrected chi connectivity index (χ1v) is 8.96. The molecule has 0 radical (unpaired) electrons. The first-order valence-electron chi connectivity index (χ1n) is 8.96. The molecule has 0 saturated carbocycles. The molecule has 24 heavy (non-hydrogen) atoms. The molecule has 1 N–H and O–H groups in total. The van der Waals surface area contributed by atoms with Gasteiger partial charge in [0, 0.05) is 17.8 Å². The molecule has 2 aromatic rings. The van der Waals surface area contributed by atoms with Gasteiger partial charge in [-0.2, -0.15) is 4.57 Å². The van der Waals surface area contributed by atoms with Gasteiger partial charge in [-0.25, -0.2) is 0 Å². The summed E-state index contributed by atoms with van der Waals surface area (Å²) in [5.41, 5.74) is 4.59. The van der Waals surface area contributed by atoms with E-state index < -0.39 is 0 Å². The topological polar surface area (TPSA) is 33.0 Å². The summed E-state index contributed by atoms with van der Waals surface area (Å²) >= 11 is 0. The maximum atomic E-state index is 12.4. The van der Waals surface area contributed by atoms with Gasteiger partial charge < -0.3 is 5.32 Å². The van der Waals surface area contributed by atoms with Gasteiger partial charge in [-0.15, -0.1) is 0 Å². The third-order valence-electron chi connectivity index (χ3n) is 4.70. The number of aryl methyl sites for hydroxylation is 2. The van der Waals surface area contributed by atoms with E-state index in [9.17, 15) is 4.79 Å². The van der Waals surface area contributed by atoms with Crippen molar-refractivity contribution in [1.82, 2.24) is 0 Å². The zero-order valence-corrected chi connectivity index (χ0v) is 15.3. The molecule has 0 bridgehead atoms. The van der Waals surface area contributed by atoms with E-state index in [1.54, 1.807) is 0 Å². The fourth-order valence-corrected chi connectivity index (χ4v) is 3.15. The second-order valence-corrected chi connectivity index (χ2v) is 6.33. The van der Waals surface area contributed by atoms with E-state index >= 15 is 0 Å². The van der Waals surface area contributed by atoms with Crippen LogP contribution in [-0.4, -0.2) is 5.91 Å². The van der Waals surface area contributed by atoms with E-state index in [0.717, 1.165) is 30.5 Å². The summed E-state index contributed by atoms with van der Waals surface area (Å²) in [6, 6.07) is 10.4. The van der Waals surface area contributed by atoms with Gasteiger partial charge in [0.25, 0.3) is 5.91 Å². The number of amides is 1. The number of para-hydroxylation sites is 1. The van der Waals surface area contributed by atoms with Crippen LogP contribution in [0.15, 0.2) is 42.7 Å². The predicted octanol–water partition coefficient (Wildman–Crippen LogP) is 4.39. The molecular formula is C21H29N2O+. The molecule has 1 amide bonds. The molecule has 1 heterocycles. The van der Waals surface area contributed by atoms with E-state index in [1.807, 2.05) is 36.0 Å². The van der Waals surface area contributed by atoms with Gasteiger partial charge in [0.1, 0.15) is 0 Å². The van der Waals surface area contributed by atoms with Crippen molar-refractivity contribution in [3.05, 3.63) is 59.4 Å². The van der Waals surface area contributed by atoms with Gasteiger partial charge in [-0.1, -0.05) is 39.0 Å². The number of rotatable bonds is 7. The fourth-order valence-electron chi connectivity index (χ4n) is 3.15. The van der Waals surface area contributed by atoms with Crippen LogP contribution in [0, 0.1) is 6.92 Å². The summed E-state index contributed by atoms with van der Waals surface area (Å²) < 4.78 is 1.94. The molecule has 0 aliphatic rings. The molecule has 2 rings (SSSR count). The van der Waals surface area contributed by atoms with Gasteiger partial charge in [0.2, 0.25) is 6.54 Å². The zero-order chi connectivity index (χ0) is 17.5. The van der Waals surface area contributed by atoms with Crippen LogP contribution in [0.25, 0.3) is 0 Å². The van der Waals surface area contributed by atoms with Crippen molar-refractivity contribution in [3.63, 3.8) is 0 Å². The number of nitrogens with one attached hydrogen (secondary N) is 1. The first-order chi connectivity index (χ1) is 11.6. The maximum Gasteiger partial charge on any atom is 0.290 e. The Hall–Kier alpha value is -2.16. The van der Waals surface area contributed by atoms with Crippen LogP contribution in [0.2, 0.25) is 0 Å². The largest absolute Gasteiger partial charge is 0.320 e. The molecule has 0 saturated heterocycles. The van der Waals surface area contributed by atoms with Crippen LogP contribution in [0.5, 0.6) is 0 Å². The van der Waals surface area contributed by atoms with Crippen molar-refractivity contribution in [2.24, 2.45) is 0 Å². The molecule has 3 heteroatoms. The fraction of sp³-hybridized carbons (Fsp3) is 0.429. The predicted molar refractivity (Wildman–Crippen MR) is 99.1 cm³/mol. The van der Waals surface area contributed by atoms with Crippen molar-refractivity contribution >= 4 is 11.6 Å². The molecule has 1 aromatic heterocycles. The normalized spacial score (nSPS) is 10.9. The highest BCUT2D eigenvalue weighted by molar-refractivity contribution is 5.91. The van der Waals surface area contributed by atoms with E-state index in [4.69, 9.17) is 0 Å². The monoisotopic (exact) mass is 325 g/mol. The number of anilines is 1. The van der Waals surface area contributed by atoms with Gasteiger partial charge in [-0.3, -0.25) is 4.79 Å². The van der Waals surface area contributed by atoms with Crippen molar-refractivity contribution < 1.29 is 9.36 Å². The van der Waals surface area contributed by atoms with E-state index in [0.29, 0.717) is 12.5 Å². The van der Waals surface area contributed by atoms with Gasteiger partial charge in [-0.05, 0) is 48.8 Å². The Labute approximate surface area is 145 Å². The lowest BCUT2D eigenvalue weighted by Crippen LogP contribution is -2.39. The molecule has 1 aromatic carbocycles. The summed E-state index contributed by atoms with van der Waals surface area (Å²) in [7, 11) is 0. The molecule has 0 unspecified atom stereocenters.